The second-order valence-corrected chi connectivity index (χ2v) is 1.99. The van der Waals surface area contributed by atoms with Gasteiger partial charge in [-0.2, -0.15) is 0 Å². The molecular formula is C6H13NO2. The summed E-state index contributed by atoms with van der Waals surface area (Å²) in [5.41, 5.74) is 0. The molecule has 0 bridgehead atoms. The zero-order valence-corrected chi connectivity index (χ0v) is 6.09. The summed E-state index contributed by atoms with van der Waals surface area (Å²) in [5.74, 6) is -0.0370. The molecule has 9 heavy (non-hydrogen) atoms. The number of rotatable bonds is 2. The van der Waals surface area contributed by atoms with Gasteiger partial charge >= 0.3 is 0 Å². The van der Waals surface area contributed by atoms with Crippen molar-refractivity contribution in [1.82, 2.24) is 4.90 Å². The highest BCUT2D eigenvalue weighted by Gasteiger charge is 2.09. The summed E-state index contributed by atoms with van der Waals surface area (Å²) in [6.07, 6.45) is -0.223. The van der Waals surface area contributed by atoms with Gasteiger partial charge in [-0.3, -0.25) is 4.79 Å². The van der Waals surface area contributed by atoms with Crippen LogP contribution in [0, 0.1) is 0 Å². The fraction of sp³-hybridized carbons (Fsp3) is 0.833. The molecule has 3 heteroatoms. The van der Waals surface area contributed by atoms with E-state index in [-0.39, 0.29) is 5.91 Å². The first-order valence-electron chi connectivity index (χ1n) is 3.03. The largest absolute Gasteiger partial charge is 0.374 e. The summed E-state index contributed by atoms with van der Waals surface area (Å²) in [6.45, 7) is 3.33. The molecule has 54 valence electrons. The number of nitrogens with zero attached hydrogens (tertiary/aromatic N) is 1. The van der Waals surface area contributed by atoms with Crippen LogP contribution in [0.5, 0.6) is 0 Å². The number of aliphatic hydroxyl groups excluding tert-OH is 1. The van der Waals surface area contributed by atoms with Crippen molar-refractivity contribution in [3.8, 4) is 0 Å². The lowest BCUT2D eigenvalue weighted by Crippen LogP contribution is -2.34. The zero-order chi connectivity index (χ0) is 7.44. The third kappa shape index (κ3) is 2.46. The SMILES string of the molecule is CCC(=O)N(C)C(C)O. The van der Waals surface area contributed by atoms with Gasteiger partial charge in [0.25, 0.3) is 0 Å². The van der Waals surface area contributed by atoms with Gasteiger partial charge in [-0.15, -0.1) is 0 Å². The standard InChI is InChI=1S/C6H13NO2/c1-4-6(9)7(3)5(2)8/h5,8H,4H2,1-3H3. The van der Waals surface area contributed by atoms with E-state index < -0.39 is 6.23 Å². The summed E-state index contributed by atoms with van der Waals surface area (Å²) >= 11 is 0. The van der Waals surface area contributed by atoms with Crippen LogP contribution in [-0.4, -0.2) is 29.2 Å². The van der Waals surface area contributed by atoms with E-state index in [9.17, 15) is 4.79 Å². The molecule has 0 saturated heterocycles. The van der Waals surface area contributed by atoms with Gasteiger partial charge in [0.2, 0.25) is 5.91 Å². The van der Waals surface area contributed by atoms with E-state index in [0.29, 0.717) is 6.42 Å². The topological polar surface area (TPSA) is 40.5 Å². The Bertz CT molecular complexity index is 101. The van der Waals surface area contributed by atoms with Crippen LogP contribution in [-0.2, 0) is 4.79 Å². The molecule has 0 radical (unpaired) electrons. The Hall–Kier alpha value is -0.570. The quantitative estimate of drug-likeness (QED) is 0.543. The van der Waals surface area contributed by atoms with Gasteiger partial charge in [-0.05, 0) is 6.92 Å². The molecule has 0 aliphatic carbocycles. The summed E-state index contributed by atoms with van der Waals surface area (Å²) in [5, 5.41) is 8.83. The van der Waals surface area contributed by atoms with Crippen LogP contribution in [0.4, 0.5) is 0 Å². The Balaban J connectivity index is 3.72. The second kappa shape index (κ2) is 3.45. The van der Waals surface area contributed by atoms with Crippen LogP contribution in [0.2, 0.25) is 0 Å². The second-order valence-electron chi connectivity index (χ2n) is 1.99. The van der Waals surface area contributed by atoms with Crippen LogP contribution in [0.1, 0.15) is 20.3 Å². The van der Waals surface area contributed by atoms with Crippen molar-refractivity contribution in [1.29, 1.82) is 0 Å². The minimum atomic E-state index is -0.669. The maximum Gasteiger partial charge on any atom is 0.224 e. The van der Waals surface area contributed by atoms with E-state index in [1.807, 2.05) is 0 Å². The molecule has 0 aromatic heterocycles. The molecule has 3 nitrogen and oxygen atoms in total. The van der Waals surface area contributed by atoms with E-state index in [0.717, 1.165) is 0 Å². The van der Waals surface area contributed by atoms with Crippen LogP contribution in [0.25, 0.3) is 0 Å². The van der Waals surface area contributed by atoms with Crippen molar-refractivity contribution in [3.05, 3.63) is 0 Å². The first-order valence-corrected chi connectivity index (χ1v) is 3.03. The summed E-state index contributed by atoms with van der Waals surface area (Å²) in [6, 6.07) is 0. The molecule has 0 aromatic carbocycles. The minimum Gasteiger partial charge on any atom is -0.374 e. The molecule has 0 rings (SSSR count). The van der Waals surface area contributed by atoms with Crippen molar-refractivity contribution < 1.29 is 9.90 Å². The molecule has 0 saturated carbocycles. The maximum atomic E-state index is 10.7. The van der Waals surface area contributed by atoms with E-state index in [2.05, 4.69) is 0 Å². The number of carbonyl (C=O) groups is 1. The van der Waals surface area contributed by atoms with Crippen molar-refractivity contribution in [2.75, 3.05) is 7.05 Å². The summed E-state index contributed by atoms with van der Waals surface area (Å²) < 4.78 is 0. The van der Waals surface area contributed by atoms with Crippen LogP contribution in [0.15, 0.2) is 0 Å². The molecule has 0 aliphatic heterocycles. The van der Waals surface area contributed by atoms with Crippen molar-refractivity contribution >= 4 is 5.91 Å². The van der Waals surface area contributed by atoms with Gasteiger partial charge in [-0.25, -0.2) is 0 Å². The van der Waals surface area contributed by atoms with E-state index in [1.54, 1.807) is 20.9 Å². The number of carbonyl (C=O) groups excluding carboxylic acids is 1. The first kappa shape index (κ1) is 8.43. The van der Waals surface area contributed by atoms with E-state index in [1.165, 1.54) is 4.90 Å². The van der Waals surface area contributed by atoms with Crippen LogP contribution >= 0.6 is 0 Å². The van der Waals surface area contributed by atoms with Gasteiger partial charge < -0.3 is 10.0 Å². The van der Waals surface area contributed by atoms with E-state index >= 15 is 0 Å². The molecule has 1 unspecified atom stereocenters. The number of aliphatic hydroxyl groups is 1. The molecule has 1 N–H and O–H groups in total. The van der Waals surface area contributed by atoms with Gasteiger partial charge in [0.1, 0.15) is 6.23 Å². The molecular weight excluding hydrogens is 118 g/mol. The number of amides is 1. The van der Waals surface area contributed by atoms with Crippen molar-refractivity contribution in [2.24, 2.45) is 0 Å². The average molecular weight is 131 g/mol. The smallest absolute Gasteiger partial charge is 0.224 e. The lowest BCUT2D eigenvalue weighted by Gasteiger charge is -2.18. The Morgan fingerprint density at radius 3 is 2.33 bits per heavy atom. The molecule has 0 spiro atoms. The lowest BCUT2D eigenvalue weighted by molar-refractivity contribution is -0.137. The van der Waals surface area contributed by atoms with E-state index in [4.69, 9.17) is 5.11 Å². The van der Waals surface area contributed by atoms with Gasteiger partial charge in [-0.1, -0.05) is 6.92 Å². The Kier molecular flexibility index (Phi) is 3.24. The Morgan fingerprint density at radius 2 is 2.22 bits per heavy atom. The zero-order valence-electron chi connectivity index (χ0n) is 6.09. The lowest BCUT2D eigenvalue weighted by atomic mass is 10.4. The van der Waals surface area contributed by atoms with Crippen LogP contribution in [0.3, 0.4) is 0 Å². The van der Waals surface area contributed by atoms with Crippen molar-refractivity contribution in [3.63, 3.8) is 0 Å². The molecule has 0 aromatic rings. The Morgan fingerprint density at radius 1 is 1.78 bits per heavy atom. The minimum absolute atomic E-state index is 0.0370. The average Bonchev–Trinajstić information content (AvgIpc) is 1.84. The third-order valence-electron chi connectivity index (χ3n) is 1.26. The monoisotopic (exact) mass is 131 g/mol. The fourth-order valence-electron chi connectivity index (χ4n) is 0.458. The highest BCUT2D eigenvalue weighted by Crippen LogP contribution is 1.93. The maximum absolute atomic E-state index is 10.7. The molecule has 0 heterocycles. The molecule has 0 fully saturated rings. The summed E-state index contributed by atoms with van der Waals surface area (Å²) in [7, 11) is 1.58. The normalized spacial score (nSPS) is 12.9. The van der Waals surface area contributed by atoms with Gasteiger partial charge in [0, 0.05) is 13.5 Å². The molecule has 1 atom stereocenters. The third-order valence-corrected chi connectivity index (χ3v) is 1.26. The molecule has 1 amide bonds. The molecule has 0 aliphatic rings. The van der Waals surface area contributed by atoms with Crippen molar-refractivity contribution in [2.45, 2.75) is 26.5 Å². The predicted octanol–water partition coefficient (Wildman–Crippen LogP) is 0.193. The summed E-state index contributed by atoms with van der Waals surface area (Å²) in [4.78, 5) is 12.0. The Labute approximate surface area is 55.3 Å². The number of hydrogen-bond donors (Lipinski definition) is 1. The highest BCUT2D eigenvalue weighted by molar-refractivity contribution is 5.75. The first-order chi connectivity index (χ1) is 4.09. The predicted molar refractivity (Wildman–Crippen MR) is 34.7 cm³/mol. The van der Waals surface area contributed by atoms with Crippen LogP contribution < -0.4 is 0 Å². The number of hydrogen-bond acceptors (Lipinski definition) is 2. The van der Waals surface area contributed by atoms with Gasteiger partial charge in [0.05, 0.1) is 0 Å². The fourth-order valence-corrected chi connectivity index (χ4v) is 0.458. The highest BCUT2D eigenvalue weighted by atomic mass is 16.3. The van der Waals surface area contributed by atoms with Gasteiger partial charge in [0.15, 0.2) is 0 Å².